The van der Waals surface area contributed by atoms with E-state index in [0.717, 1.165) is 6.92 Å². The molecule has 0 radical (unpaired) electrons. The molecule has 4 heterocycles. The lowest BCUT2D eigenvalue weighted by Crippen LogP contribution is -2.68. The molecule has 0 spiro atoms. The second-order valence-electron chi connectivity index (χ2n) is 16.7. The molecular weight excluding hydrogens is 1320 g/mol. The largest absolute Gasteiger partial charge is 0.397 e. The van der Waals surface area contributed by atoms with Crippen LogP contribution in [0.5, 0.6) is 0 Å². The minimum absolute atomic E-state index is 0.631. The normalized spacial score (nSPS) is 36.9. The van der Waals surface area contributed by atoms with Crippen molar-refractivity contribution < 1.29 is 192 Å². The predicted octanol–water partition coefficient (Wildman–Crippen LogP) is -5.76. The van der Waals surface area contributed by atoms with Crippen molar-refractivity contribution in [3.63, 3.8) is 0 Å². The van der Waals surface area contributed by atoms with Crippen LogP contribution in [0.1, 0.15) is 41.5 Å². The summed E-state index contributed by atoms with van der Waals surface area (Å²) in [7, 11) is -54.3. The number of hydrogen-bond donors (Lipinski definition) is 9. The molecule has 4 rings (SSSR count). The SMILES string of the molecule is CC(C)O[C@@H]1O[C@@H](C)[C@@H](OS(=O)(=O)O)[C@@H](O[C@@H]2O[C@@H](C)[C@@H](OS(=O)(=O)O)[C@@H](O[C@@H]3O[C@@H](C)[C@@H](OS(=O)(=O)O)[C@@H](O[C@@H]4O[C@@H](C)[C@@H](OS(=O)(=O)O)[C@@H](OS(=O)(=O)O)[C@@H]4OS(=O)(=O)O)[C@@H]3OS(=O)(=O)O)[C@@H]2OS(=O)(=O)O)[C@@H]1OS(=O)(=O)O. The first-order valence-corrected chi connectivity index (χ1v) is 33.1. The molecule has 0 aromatic rings. The van der Waals surface area contributed by atoms with Crippen LogP contribution in [-0.2, 0) is 169 Å². The van der Waals surface area contributed by atoms with Crippen molar-refractivity contribution in [2.24, 2.45) is 0 Å². The van der Waals surface area contributed by atoms with Crippen molar-refractivity contribution in [1.82, 2.24) is 0 Å². The van der Waals surface area contributed by atoms with Crippen LogP contribution in [0.4, 0.5) is 0 Å². The lowest BCUT2D eigenvalue weighted by Gasteiger charge is -2.50. The molecule has 0 unspecified atom stereocenters. The highest BCUT2D eigenvalue weighted by Gasteiger charge is 2.61. The summed E-state index contributed by atoms with van der Waals surface area (Å²) < 4.78 is 393. The third-order valence-electron chi connectivity index (χ3n) is 10.3. The summed E-state index contributed by atoms with van der Waals surface area (Å²) in [6, 6.07) is 0. The fourth-order valence-electron chi connectivity index (χ4n) is 7.84. The van der Waals surface area contributed by atoms with Gasteiger partial charge in [-0.15, -0.1) is 0 Å². The van der Waals surface area contributed by atoms with Crippen LogP contribution < -0.4 is 0 Å². The maximum Gasteiger partial charge on any atom is 0.397 e. The second-order valence-corrected chi connectivity index (χ2v) is 26.2. The van der Waals surface area contributed by atoms with Crippen LogP contribution in [0.2, 0.25) is 0 Å². The van der Waals surface area contributed by atoms with E-state index in [9.17, 15) is 117 Å². The zero-order chi connectivity index (χ0) is 61.6. The standard InChI is InChI=1S/C27H48O44S9/c1-7(2)55-24-20(68-77(43,44)45)16(12(8(3)56-24)63-72(28,29)30)60-25-21(69-78(46,47)48)17(13(9(4)57-25)64-73(31,32)33)61-26-22(70-79(49,50)51)18(14(10(5)58-26)65-74(34,35)36)62-27-23(71-80(52,53)54)19(67-76(40,41)42)15(11(6)59-27)66-75(37,38)39/h7-27H,1-6H3,(H,28,29,30)(H,31,32,33)(H,34,35,36)(H,37,38,39)(H,40,41,42)(H,43,44,45)(H,46,47,48)(H,49,50,51)(H,52,53,54)/t8-,9-,10-,11-,12+,13+,14+,15+,16+,17+,18+,19+,20-,21-,22-,23-,24+,25-,26-,27-/m0/s1. The molecule has 0 aliphatic carbocycles. The molecule has 4 aliphatic rings. The Morgan fingerprint density at radius 3 is 0.637 bits per heavy atom. The van der Waals surface area contributed by atoms with Gasteiger partial charge in [0.2, 0.25) is 0 Å². The molecule has 0 amide bonds. The molecular formula is C27H48O44S9. The van der Waals surface area contributed by atoms with E-state index in [1.54, 1.807) is 0 Å². The summed E-state index contributed by atoms with van der Waals surface area (Å²) in [5.41, 5.74) is 0. The average Bonchev–Trinajstić information content (AvgIpc) is 3.18. The molecule has 9 N–H and O–H groups in total. The van der Waals surface area contributed by atoms with Gasteiger partial charge in [0.05, 0.1) is 30.5 Å². The molecule has 53 heteroatoms. The summed E-state index contributed by atoms with van der Waals surface area (Å²) in [6.45, 7) is 5.43. The van der Waals surface area contributed by atoms with Crippen molar-refractivity contribution in [1.29, 1.82) is 0 Å². The van der Waals surface area contributed by atoms with Crippen LogP contribution in [0.15, 0.2) is 0 Å². The predicted molar refractivity (Wildman–Crippen MR) is 236 cm³/mol. The molecule has 20 atom stereocenters. The molecule has 4 fully saturated rings. The van der Waals surface area contributed by atoms with Gasteiger partial charge in [-0.25, -0.2) is 37.6 Å². The van der Waals surface area contributed by atoms with Gasteiger partial charge in [0, 0.05) is 0 Å². The smallest absolute Gasteiger partial charge is 0.347 e. The van der Waals surface area contributed by atoms with Crippen LogP contribution >= 0.6 is 0 Å². The van der Waals surface area contributed by atoms with Crippen molar-refractivity contribution in [2.45, 2.75) is 170 Å². The van der Waals surface area contributed by atoms with Gasteiger partial charge >= 0.3 is 93.6 Å². The fourth-order valence-corrected chi connectivity index (χ4v) is 12.5. The fraction of sp³-hybridized carbons (Fsp3) is 1.00. The Balaban J connectivity index is 2.04. The lowest BCUT2D eigenvalue weighted by atomic mass is 9.96. The third kappa shape index (κ3) is 22.4. The molecule has 0 aromatic heterocycles. The van der Waals surface area contributed by atoms with Gasteiger partial charge < -0.3 is 37.9 Å². The van der Waals surface area contributed by atoms with E-state index >= 15 is 0 Å². The van der Waals surface area contributed by atoms with Gasteiger partial charge in [-0.2, -0.15) is 75.8 Å². The van der Waals surface area contributed by atoms with E-state index < -0.39 is 223 Å². The monoisotopic (exact) mass is 1360 g/mol. The Morgan fingerprint density at radius 1 is 0.263 bits per heavy atom. The molecule has 4 saturated heterocycles. The van der Waals surface area contributed by atoms with Crippen LogP contribution in [0.3, 0.4) is 0 Å². The Bertz CT molecular complexity index is 3200. The average molecular weight is 1370 g/mol. The van der Waals surface area contributed by atoms with Crippen LogP contribution in [0, 0.1) is 0 Å². The zero-order valence-corrected chi connectivity index (χ0v) is 47.5. The van der Waals surface area contributed by atoms with Gasteiger partial charge in [-0.3, -0.25) is 41.0 Å². The molecule has 0 saturated carbocycles. The summed E-state index contributed by atoms with van der Waals surface area (Å²) >= 11 is 0. The maximum absolute atomic E-state index is 12.7. The Hall–Kier alpha value is -1.49. The van der Waals surface area contributed by atoms with Gasteiger partial charge in [0.15, 0.2) is 49.6 Å². The van der Waals surface area contributed by atoms with Crippen LogP contribution in [-0.4, -0.2) is 246 Å². The second kappa shape index (κ2) is 25.8. The summed E-state index contributed by atoms with van der Waals surface area (Å²) in [5.74, 6) is 0. The van der Waals surface area contributed by atoms with Gasteiger partial charge in [-0.05, 0) is 41.5 Å². The van der Waals surface area contributed by atoms with Crippen molar-refractivity contribution in [3.05, 3.63) is 0 Å². The quantitative estimate of drug-likeness (QED) is 0.0364. The van der Waals surface area contributed by atoms with Gasteiger partial charge in [-0.1, -0.05) is 0 Å². The maximum atomic E-state index is 12.7. The van der Waals surface area contributed by atoms with Gasteiger partial charge in [0.25, 0.3) is 0 Å². The third-order valence-corrected chi connectivity index (χ3v) is 14.5. The first-order valence-electron chi connectivity index (χ1n) is 20.8. The van der Waals surface area contributed by atoms with E-state index in [1.807, 2.05) is 0 Å². The summed E-state index contributed by atoms with van der Waals surface area (Å²) in [5, 5.41) is 0. The van der Waals surface area contributed by atoms with E-state index in [2.05, 4.69) is 37.6 Å². The number of hydrogen-bond acceptors (Lipinski definition) is 35. The molecule has 4 aliphatic heterocycles. The summed E-state index contributed by atoms with van der Waals surface area (Å²) in [4.78, 5) is 0. The first kappa shape index (κ1) is 71.0. The topological polar surface area (TPSA) is 646 Å². The number of rotatable bonds is 26. The van der Waals surface area contributed by atoms with E-state index in [-0.39, 0.29) is 0 Å². The molecule has 80 heavy (non-hydrogen) atoms. The first-order chi connectivity index (χ1) is 35.7. The van der Waals surface area contributed by atoms with Crippen molar-refractivity contribution in [3.8, 4) is 0 Å². The molecule has 0 aromatic carbocycles. The van der Waals surface area contributed by atoms with Crippen molar-refractivity contribution in [2.75, 3.05) is 0 Å². The summed E-state index contributed by atoms with van der Waals surface area (Å²) in [6.07, 6.45) is -56.6. The van der Waals surface area contributed by atoms with E-state index in [0.29, 0.717) is 20.8 Å². The molecule has 44 nitrogen and oxygen atoms in total. The highest BCUT2D eigenvalue weighted by Crippen LogP contribution is 2.41. The highest BCUT2D eigenvalue weighted by molar-refractivity contribution is 7.82. The lowest BCUT2D eigenvalue weighted by molar-refractivity contribution is -0.376. The van der Waals surface area contributed by atoms with E-state index in [4.69, 9.17) is 37.9 Å². The number of ether oxygens (including phenoxy) is 8. The Morgan fingerprint density at radius 2 is 0.425 bits per heavy atom. The van der Waals surface area contributed by atoms with Crippen molar-refractivity contribution >= 4 is 93.6 Å². The highest BCUT2D eigenvalue weighted by atomic mass is 32.3. The van der Waals surface area contributed by atoms with E-state index in [1.165, 1.54) is 13.8 Å². The van der Waals surface area contributed by atoms with Gasteiger partial charge in [0.1, 0.15) is 48.8 Å². The zero-order valence-electron chi connectivity index (χ0n) is 40.1. The minimum atomic E-state index is -6.30. The van der Waals surface area contributed by atoms with Crippen LogP contribution in [0.25, 0.3) is 0 Å². The Kier molecular flexibility index (Phi) is 22.9. The molecule has 0 bridgehead atoms. The Labute approximate surface area is 454 Å². The molecule has 474 valence electrons. The minimum Gasteiger partial charge on any atom is -0.347 e.